The molecule has 0 aliphatic heterocycles. The minimum Gasteiger partial charge on any atom is -0.481 e. The van der Waals surface area contributed by atoms with Gasteiger partial charge in [0.25, 0.3) is 0 Å². The fourth-order valence-electron chi connectivity index (χ4n) is 1.11. The summed E-state index contributed by atoms with van der Waals surface area (Å²) >= 11 is 0. The highest BCUT2D eigenvalue weighted by molar-refractivity contribution is 5.81. The van der Waals surface area contributed by atoms with Crippen LogP contribution < -0.4 is 0 Å². The molecule has 0 fully saturated rings. The number of carboxylic acid groups (broad SMARTS) is 1. The second kappa shape index (κ2) is 4.91. The van der Waals surface area contributed by atoms with Gasteiger partial charge in [0.15, 0.2) is 0 Å². The van der Waals surface area contributed by atoms with Crippen molar-refractivity contribution in [2.45, 2.75) is 33.6 Å². The third-order valence-electron chi connectivity index (χ3n) is 2.03. The van der Waals surface area contributed by atoms with Crippen molar-refractivity contribution < 1.29 is 14.7 Å². The van der Waals surface area contributed by atoms with Gasteiger partial charge in [-0.1, -0.05) is 20.8 Å². The molecule has 3 heteroatoms. The molecule has 2 atom stereocenters. The van der Waals surface area contributed by atoms with Crippen LogP contribution in [-0.4, -0.2) is 16.9 Å². The van der Waals surface area contributed by atoms with E-state index in [0.717, 1.165) is 0 Å². The summed E-state index contributed by atoms with van der Waals surface area (Å²) in [5.41, 5.74) is 0. The zero-order valence-corrected chi connectivity index (χ0v) is 7.83. The van der Waals surface area contributed by atoms with E-state index in [4.69, 9.17) is 5.11 Å². The van der Waals surface area contributed by atoms with Crippen LogP contribution in [0.25, 0.3) is 0 Å². The molecule has 0 heterocycles. The number of carbonyl (C=O) groups is 2. The monoisotopic (exact) mass is 172 g/mol. The second-order valence-corrected chi connectivity index (χ2v) is 3.20. The normalized spacial score (nSPS) is 15.2. The molecule has 1 N–H and O–H groups in total. The molecule has 12 heavy (non-hydrogen) atoms. The average molecular weight is 172 g/mol. The van der Waals surface area contributed by atoms with Gasteiger partial charge in [-0.3, -0.25) is 9.59 Å². The summed E-state index contributed by atoms with van der Waals surface area (Å²) in [4.78, 5) is 21.5. The molecule has 0 aliphatic carbocycles. The summed E-state index contributed by atoms with van der Waals surface area (Å²) < 4.78 is 0. The van der Waals surface area contributed by atoms with Gasteiger partial charge in [-0.25, -0.2) is 0 Å². The van der Waals surface area contributed by atoms with E-state index >= 15 is 0 Å². The number of carboxylic acids is 1. The van der Waals surface area contributed by atoms with Crippen LogP contribution in [0.1, 0.15) is 33.6 Å². The molecule has 0 saturated heterocycles. The molecular weight excluding hydrogens is 156 g/mol. The van der Waals surface area contributed by atoms with Crippen LogP contribution in [0, 0.1) is 11.8 Å². The Morgan fingerprint density at radius 2 is 1.75 bits per heavy atom. The van der Waals surface area contributed by atoms with Crippen molar-refractivity contribution in [1.82, 2.24) is 0 Å². The van der Waals surface area contributed by atoms with Gasteiger partial charge < -0.3 is 5.11 Å². The lowest BCUT2D eigenvalue weighted by molar-refractivity contribution is -0.141. The van der Waals surface area contributed by atoms with E-state index in [1.54, 1.807) is 20.8 Å². The number of carbonyl (C=O) groups excluding carboxylic acids is 1. The molecule has 0 unspecified atom stereocenters. The van der Waals surface area contributed by atoms with E-state index in [1.807, 2.05) is 0 Å². The fraction of sp³-hybridized carbons (Fsp3) is 0.778. The maximum atomic E-state index is 11.1. The van der Waals surface area contributed by atoms with E-state index in [-0.39, 0.29) is 11.7 Å². The molecule has 0 bridgehead atoms. The van der Waals surface area contributed by atoms with Crippen molar-refractivity contribution in [1.29, 1.82) is 0 Å². The number of ketones is 1. The van der Waals surface area contributed by atoms with Gasteiger partial charge >= 0.3 is 5.97 Å². The zero-order valence-electron chi connectivity index (χ0n) is 7.83. The van der Waals surface area contributed by atoms with Crippen LogP contribution in [0.5, 0.6) is 0 Å². The summed E-state index contributed by atoms with van der Waals surface area (Å²) in [6.45, 7) is 5.21. The molecule has 0 saturated carbocycles. The van der Waals surface area contributed by atoms with E-state index < -0.39 is 11.9 Å². The third-order valence-corrected chi connectivity index (χ3v) is 2.03. The third kappa shape index (κ3) is 3.51. The van der Waals surface area contributed by atoms with Crippen LogP contribution in [-0.2, 0) is 9.59 Å². The minimum absolute atomic E-state index is 0.124. The summed E-state index contributed by atoms with van der Waals surface area (Å²) in [7, 11) is 0. The summed E-state index contributed by atoms with van der Waals surface area (Å²) in [5, 5.41) is 8.57. The van der Waals surface area contributed by atoms with E-state index in [1.165, 1.54) is 0 Å². The number of hydrogen-bond acceptors (Lipinski definition) is 2. The van der Waals surface area contributed by atoms with Gasteiger partial charge in [0.2, 0.25) is 0 Å². The molecule has 70 valence electrons. The highest BCUT2D eigenvalue weighted by atomic mass is 16.4. The average Bonchev–Trinajstić information content (AvgIpc) is 2.02. The predicted molar refractivity (Wildman–Crippen MR) is 45.9 cm³/mol. The van der Waals surface area contributed by atoms with Crippen LogP contribution in [0.2, 0.25) is 0 Å². The molecule has 0 aromatic carbocycles. The fourth-order valence-corrected chi connectivity index (χ4v) is 1.11. The Balaban J connectivity index is 3.91. The van der Waals surface area contributed by atoms with Crippen LogP contribution in [0.3, 0.4) is 0 Å². The zero-order chi connectivity index (χ0) is 9.72. The number of aliphatic carboxylic acids is 1. The Bertz CT molecular complexity index is 175. The standard InChI is InChI=1S/C9H16O3/c1-4-8(10)6(2)5-7(3)9(11)12/h6-7H,4-5H2,1-3H3,(H,11,12)/t6-,7+/m0/s1. The van der Waals surface area contributed by atoms with Crippen molar-refractivity contribution in [3.05, 3.63) is 0 Å². The quantitative estimate of drug-likeness (QED) is 0.686. The van der Waals surface area contributed by atoms with Crippen molar-refractivity contribution in [3.8, 4) is 0 Å². The van der Waals surface area contributed by atoms with Gasteiger partial charge in [-0.15, -0.1) is 0 Å². The molecule has 0 amide bonds. The van der Waals surface area contributed by atoms with Crippen molar-refractivity contribution in [3.63, 3.8) is 0 Å². The molecule has 0 aliphatic rings. The number of Topliss-reactive ketones (excluding diaryl/α,β-unsaturated/α-hetero) is 1. The lowest BCUT2D eigenvalue weighted by Crippen LogP contribution is -2.18. The largest absolute Gasteiger partial charge is 0.481 e. The Hall–Kier alpha value is -0.860. The maximum Gasteiger partial charge on any atom is 0.306 e. The van der Waals surface area contributed by atoms with E-state index in [0.29, 0.717) is 12.8 Å². The van der Waals surface area contributed by atoms with Crippen LogP contribution in [0.15, 0.2) is 0 Å². The van der Waals surface area contributed by atoms with Crippen molar-refractivity contribution in [2.75, 3.05) is 0 Å². The molecule has 0 rings (SSSR count). The van der Waals surface area contributed by atoms with Gasteiger partial charge in [0.1, 0.15) is 5.78 Å². The van der Waals surface area contributed by atoms with E-state index in [9.17, 15) is 9.59 Å². The number of hydrogen-bond donors (Lipinski definition) is 1. The Morgan fingerprint density at radius 3 is 2.08 bits per heavy atom. The summed E-state index contributed by atoms with van der Waals surface area (Å²) in [6, 6.07) is 0. The first-order chi connectivity index (χ1) is 5.49. The molecule has 3 nitrogen and oxygen atoms in total. The number of rotatable bonds is 5. The van der Waals surface area contributed by atoms with Crippen molar-refractivity contribution in [2.24, 2.45) is 11.8 Å². The first-order valence-electron chi connectivity index (χ1n) is 4.24. The molecule has 0 radical (unpaired) electrons. The van der Waals surface area contributed by atoms with Gasteiger partial charge in [-0.2, -0.15) is 0 Å². The van der Waals surface area contributed by atoms with Crippen LogP contribution >= 0.6 is 0 Å². The molecule has 0 aromatic rings. The Kier molecular flexibility index (Phi) is 4.55. The van der Waals surface area contributed by atoms with Crippen LogP contribution in [0.4, 0.5) is 0 Å². The second-order valence-electron chi connectivity index (χ2n) is 3.20. The summed E-state index contributed by atoms with van der Waals surface area (Å²) in [6.07, 6.45) is 0.940. The Morgan fingerprint density at radius 1 is 1.25 bits per heavy atom. The minimum atomic E-state index is -0.828. The summed E-state index contributed by atoms with van der Waals surface area (Å²) in [5.74, 6) is -1.23. The highest BCUT2D eigenvalue weighted by Gasteiger charge is 2.18. The predicted octanol–water partition coefficient (Wildman–Crippen LogP) is 1.71. The van der Waals surface area contributed by atoms with Gasteiger partial charge in [-0.05, 0) is 6.42 Å². The molecule has 0 spiro atoms. The first-order valence-corrected chi connectivity index (χ1v) is 4.24. The lowest BCUT2D eigenvalue weighted by atomic mass is 9.93. The molecule has 0 aromatic heterocycles. The first kappa shape index (κ1) is 11.1. The maximum absolute atomic E-state index is 11.1. The highest BCUT2D eigenvalue weighted by Crippen LogP contribution is 2.13. The smallest absolute Gasteiger partial charge is 0.306 e. The van der Waals surface area contributed by atoms with E-state index in [2.05, 4.69) is 0 Å². The topological polar surface area (TPSA) is 54.4 Å². The Labute approximate surface area is 72.8 Å². The van der Waals surface area contributed by atoms with Crippen molar-refractivity contribution >= 4 is 11.8 Å². The van der Waals surface area contributed by atoms with Gasteiger partial charge in [0.05, 0.1) is 5.92 Å². The molecular formula is C9H16O3. The SMILES string of the molecule is CCC(=O)[C@@H](C)C[C@@H](C)C(=O)O. The van der Waals surface area contributed by atoms with Gasteiger partial charge in [0, 0.05) is 12.3 Å². The lowest BCUT2D eigenvalue weighted by Gasteiger charge is -2.11.